The Bertz CT molecular complexity index is 467. The van der Waals surface area contributed by atoms with Crippen molar-refractivity contribution >= 4 is 29.1 Å². The molecule has 0 fully saturated rings. The van der Waals surface area contributed by atoms with Gasteiger partial charge in [-0.05, 0) is 18.6 Å². The summed E-state index contributed by atoms with van der Waals surface area (Å²) in [5, 5.41) is 0.718. The van der Waals surface area contributed by atoms with Gasteiger partial charge in [0.2, 0.25) is 0 Å². The van der Waals surface area contributed by atoms with E-state index in [9.17, 15) is 0 Å². The van der Waals surface area contributed by atoms with Crippen molar-refractivity contribution < 1.29 is 0 Å². The molecule has 0 amide bonds. The van der Waals surface area contributed by atoms with Crippen LogP contribution in [-0.4, -0.2) is 8.75 Å². The van der Waals surface area contributed by atoms with Crippen molar-refractivity contribution in [3.8, 4) is 11.3 Å². The van der Waals surface area contributed by atoms with Crippen molar-refractivity contribution in [2.24, 2.45) is 0 Å². The maximum atomic E-state index is 6.00. The van der Waals surface area contributed by atoms with Crippen molar-refractivity contribution in [3.05, 3.63) is 28.8 Å². The molecule has 72 valence electrons. The van der Waals surface area contributed by atoms with E-state index in [2.05, 4.69) is 8.75 Å². The molecule has 0 aliphatic heterocycles. The first-order valence-corrected chi connectivity index (χ1v) is 5.14. The summed E-state index contributed by atoms with van der Waals surface area (Å²) in [5.74, 6) is 0.454. The van der Waals surface area contributed by atoms with Crippen molar-refractivity contribution in [2.75, 3.05) is 5.73 Å². The van der Waals surface area contributed by atoms with E-state index in [0.29, 0.717) is 11.5 Å². The summed E-state index contributed by atoms with van der Waals surface area (Å²) in [6.07, 6.45) is 0. The molecule has 0 unspecified atom stereocenters. The molecular weight excluding hydrogens is 218 g/mol. The van der Waals surface area contributed by atoms with Crippen LogP contribution >= 0.6 is 23.3 Å². The normalized spacial score (nSPS) is 10.4. The van der Waals surface area contributed by atoms with Gasteiger partial charge in [0.05, 0.1) is 11.7 Å². The molecule has 0 atom stereocenters. The maximum absolute atomic E-state index is 6.00. The number of nitrogen functional groups attached to an aromatic ring is 1. The Morgan fingerprint density at radius 1 is 1.36 bits per heavy atom. The molecule has 0 aliphatic rings. The minimum Gasteiger partial charge on any atom is -0.381 e. The van der Waals surface area contributed by atoms with Crippen LogP contribution in [-0.2, 0) is 0 Å². The van der Waals surface area contributed by atoms with E-state index in [1.807, 2.05) is 25.1 Å². The van der Waals surface area contributed by atoms with Crippen LogP contribution in [0.5, 0.6) is 0 Å². The predicted molar refractivity (Wildman–Crippen MR) is 59.5 cm³/mol. The standard InChI is InChI=1S/C9H8ClN3S/c1-5-2-3-6(4-7(5)10)8-9(11)13-14-12-8/h2-4H,1H3,(H2,11,13). The third-order valence-electron chi connectivity index (χ3n) is 1.96. The lowest BCUT2D eigenvalue weighted by molar-refractivity contribution is 1.44. The SMILES string of the molecule is Cc1ccc(-c2nsnc2N)cc1Cl. The Labute approximate surface area is 90.9 Å². The number of benzene rings is 1. The highest BCUT2D eigenvalue weighted by molar-refractivity contribution is 6.99. The Balaban J connectivity index is 2.53. The summed E-state index contributed by atoms with van der Waals surface area (Å²) in [7, 11) is 0. The smallest absolute Gasteiger partial charge is 0.165 e. The summed E-state index contributed by atoms with van der Waals surface area (Å²) in [5.41, 5.74) is 8.31. The van der Waals surface area contributed by atoms with E-state index in [1.165, 1.54) is 0 Å². The highest BCUT2D eigenvalue weighted by Crippen LogP contribution is 2.27. The number of aromatic nitrogens is 2. The molecule has 1 heterocycles. The van der Waals surface area contributed by atoms with Crippen LogP contribution < -0.4 is 5.73 Å². The van der Waals surface area contributed by atoms with Gasteiger partial charge < -0.3 is 5.73 Å². The Hall–Kier alpha value is -1.13. The average molecular weight is 226 g/mol. The molecule has 1 aromatic carbocycles. The molecule has 2 N–H and O–H groups in total. The number of hydrogen-bond acceptors (Lipinski definition) is 4. The summed E-state index contributed by atoms with van der Waals surface area (Å²) in [6.45, 7) is 1.95. The van der Waals surface area contributed by atoms with Gasteiger partial charge in [0.25, 0.3) is 0 Å². The fourth-order valence-electron chi connectivity index (χ4n) is 1.14. The van der Waals surface area contributed by atoms with Crippen LogP contribution in [0.4, 0.5) is 5.82 Å². The third kappa shape index (κ3) is 1.58. The molecule has 2 rings (SSSR count). The predicted octanol–water partition coefficient (Wildman–Crippen LogP) is 2.75. The first kappa shape index (κ1) is 9.43. The van der Waals surface area contributed by atoms with Gasteiger partial charge in [0.15, 0.2) is 5.82 Å². The summed E-state index contributed by atoms with van der Waals surface area (Å²) in [6, 6.07) is 5.73. The number of halogens is 1. The number of hydrogen-bond donors (Lipinski definition) is 1. The second-order valence-corrected chi connectivity index (χ2v) is 3.90. The summed E-state index contributed by atoms with van der Waals surface area (Å²) < 4.78 is 8.01. The van der Waals surface area contributed by atoms with E-state index in [-0.39, 0.29) is 0 Å². The molecule has 14 heavy (non-hydrogen) atoms. The lowest BCUT2D eigenvalue weighted by Crippen LogP contribution is -1.88. The topological polar surface area (TPSA) is 51.8 Å². The van der Waals surface area contributed by atoms with Gasteiger partial charge in [0, 0.05) is 10.6 Å². The van der Waals surface area contributed by atoms with E-state index in [4.69, 9.17) is 17.3 Å². The second-order valence-electron chi connectivity index (χ2n) is 2.96. The van der Waals surface area contributed by atoms with Crippen molar-refractivity contribution in [1.82, 2.24) is 8.75 Å². The average Bonchev–Trinajstić information content (AvgIpc) is 2.57. The molecule has 3 nitrogen and oxygen atoms in total. The van der Waals surface area contributed by atoms with E-state index in [1.54, 1.807) is 0 Å². The minimum absolute atomic E-state index is 0.454. The number of aryl methyl sites for hydroxylation is 1. The number of rotatable bonds is 1. The molecule has 2 aromatic rings. The largest absolute Gasteiger partial charge is 0.381 e. The Morgan fingerprint density at radius 3 is 2.71 bits per heavy atom. The fourth-order valence-corrected chi connectivity index (χ4v) is 1.81. The number of nitrogens with two attached hydrogens (primary N) is 1. The molecule has 0 saturated heterocycles. The van der Waals surface area contributed by atoms with Crippen LogP contribution in [0.15, 0.2) is 18.2 Å². The summed E-state index contributed by atoms with van der Waals surface area (Å²) >= 11 is 7.10. The fraction of sp³-hybridized carbons (Fsp3) is 0.111. The highest BCUT2D eigenvalue weighted by atomic mass is 35.5. The molecule has 0 radical (unpaired) electrons. The zero-order valence-electron chi connectivity index (χ0n) is 7.49. The van der Waals surface area contributed by atoms with Gasteiger partial charge >= 0.3 is 0 Å². The second kappa shape index (κ2) is 3.55. The van der Waals surface area contributed by atoms with Gasteiger partial charge in [-0.3, -0.25) is 0 Å². The molecule has 5 heteroatoms. The van der Waals surface area contributed by atoms with E-state index >= 15 is 0 Å². The lowest BCUT2D eigenvalue weighted by Gasteiger charge is -2.00. The van der Waals surface area contributed by atoms with Crippen molar-refractivity contribution in [3.63, 3.8) is 0 Å². The first-order chi connectivity index (χ1) is 6.68. The van der Waals surface area contributed by atoms with Crippen LogP contribution in [0.25, 0.3) is 11.3 Å². The van der Waals surface area contributed by atoms with Gasteiger partial charge in [0.1, 0.15) is 5.69 Å². The lowest BCUT2D eigenvalue weighted by atomic mass is 10.1. The van der Waals surface area contributed by atoms with E-state index in [0.717, 1.165) is 27.9 Å². The molecule has 0 bridgehead atoms. The van der Waals surface area contributed by atoms with Gasteiger partial charge in [-0.15, -0.1) is 0 Å². The van der Waals surface area contributed by atoms with Crippen LogP contribution in [0.3, 0.4) is 0 Å². The van der Waals surface area contributed by atoms with Crippen LogP contribution in [0.2, 0.25) is 5.02 Å². The van der Waals surface area contributed by atoms with Gasteiger partial charge in [-0.1, -0.05) is 23.7 Å². The quantitative estimate of drug-likeness (QED) is 0.812. The molecule has 0 spiro atoms. The van der Waals surface area contributed by atoms with Crippen molar-refractivity contribution in [2.45, 2.75) is 6.92 Å². The Kier molecular flexibility index (Phi) is 2.39. The Morgan fingerprint density at radius 2 is 2.14 bits per heavy atom. The molecule has 0 aliphatic carbocycles. The zero-order valence-corrected chi connectivity index (χ0v) is 9.06. The number of anilines is 1. The number of nitrogens with zero attached hydrogens (tertiary/aromatic N) is 2. The van der Waals surface area contributed by atoms with Gasteiger partial charge in [-0.2, -0.15) is 8.75 Å². The third-order valence-corrected chi connectivity index (χ3v) is 2.91. The highest BCUT2D eigenvalue weighted by Gasteiger charge is 2.08. The van der Waals surface area contributed by atoms with Crippen LogP contribution in [0, 0.1) is 6.92 Å². The maximum Gasteiger partial charge on any atom is 0.165 e. The zero-order chi connectivity index (χ0) is 10.1. The summed E-state index contributed by atoms with van der Waals surface area (Å²) in [4.78, 5) is 0. The van der Waals surface area contributed by atoms with E-state index < -0.39 is 0 Å². The van der Waals surface area contributed by atoms with Crippen molar-refractivity contribution in [1.29, 1.82) is 0 Å². The first-order valence-electron chi connectivity index (χ1n) is 4.03. The van der Waals surface area contributed by atoms with Crippen LogP contribution in [0.1, 0.15) is 5.56 Å². The molecule has 1 aromatic heterocycles. The molecule has 0 saturated carbocycles. The molecular formula is C9H8ClN3S. The minimum atomic E-state index is 0.454. The van der Waals surface area contributed by atoms with Gasteiger partial charge in [-0.25, -0.2) is 0 Å². The monoisotopic (exact) mass is 225 g/mol.